The number of amides is 1. The molecule has 0 aromatic heterocycles. The molecule has 2 rings (SSSR count). The Morgan fingerprint density at radius 2 is 1.56 bits per heavy atom. The Morgan fingerprint density at radius 3 is 2.12 bits per heavy atom. The van der Waals surface area contributed by atoms with E-state index in [2.05, 4.69) is 53.6 Å². The normalized spacial score (nSPS) is 12.4. The van der Waals surface area contributed by atoms with Crippen molar-refractivity contribution in [1.82, 2.24) is 10.6 Å². The second-order valence-electron chi connectivity index (χ2n) is 11.7. The van der Waals surface area contributed by atoms with Gasteiger partial charge in [0.05, 0.1) is 12.7 Å². The zero-order valence-corrected chi connectivity index (χ0v) is 30.2. The van der Waals surface area contributed by atoms with E-state index >= 15 is 0 Å². The summed E-state index contributed by atoms with van der Waals surface area (Å²) in [7, 11) is 0. The largest absolute Gasteiger partial charge is 0.508 e. The second-order valence-corrected chi connectivity index (χ2v) is 12.1. The molecule has 0 saturated heterocycles. The molecule has 0 aliphatic rings. The summed E-state index contributed by atoms with van der Waals surface area (Å²) in [5.74, 6) is -2.20. The van der Waals surface area contributed by atoms with Gasteiger partial charge in [-0.15, -0.1) is 0 Å². The summed E-state index contributed by atoms with van der Waals surface area (Å²) in [6, 6.07) is 13.8. The molecule has 0 fully saturated rings. The van der Waals surface area contributed by atoms with Crippen LogP contribution in [0.4, 0.5) is 0 Å². The lowest BCUT2D eigenvalue weighted by Gasteiger charge is -2.14. The van der Waals surface area contributed by atoms with Gasteiger partial charge in [0, 0.05) is 38.0 Å². The summed E-state index contributed by atoms with van der Waals surface area (Å²) in [5.41, 5.74) is 13.0. The van der Waals surface area contributed by atoms with E-state index in [1.54, 1.807) is 12.1 Å². The Balaban J connectivity index is 0.000000980. The molecule has 284 valence electrons. The SMILES string of the molecule is CC(=O)N[C@@H](CS)C(=O)O.NCCCC[C@H](N)C(=O)O.OCc1cc(C(O)CNCCCCCCOCCCCc2ccccc2)ccc1O. The highest BCUT2D eigenvalue weighted by atomic mass is 32.1. The number of carboxylic acids is 2. The van der Waals surface area contributed by atoms with E-state index in [-0.39, 0.29) is 24.0 Å². The first kappa shape index (κ1) is 46.8. The van der Waals surface area contributed by atoms with Crippen LogP contribution in [0, 0.1) is 0 Å². The van der Waals surface area contributed by atoms with Crippen molar-refractivity contribution < 1.29 is 44.7 Å². The third kappa shape index (κ3) is 24.8. The number of hydrogen-bond donors (Lipinski definition) is 10. The summed E-state index contributed by atoms with van der Waals surface area (Å²) in [4.78, 5) is 30.6. The fourth-order valence-electron chi connectivity index (χ4n) is 4.45. The van der Waals surface area contributed by atoms with Crippen LogP contribution in [0.25, 0.3) is 0 Å². The number of carboxylic acid groups (broad SMARTS) is 2. The highest BCUT2D eigenvalue weighted by Gasteiger charge is 2.15. The van der Waals surface area contributed by atoms with Crippen LogP contribution in [0.3, 0.4) is 0 Å². The molecule has 0 spiro atoms. The van der Waals surface area contributed by atoms with Gasteiger partial charge < -0.3 is 52.4 Å². The predicted octanol–water partition coefficient (Wildman–Crippen LogP) is 3.14. The lowest BCUT2D eigenvalue weighted by Crippen LogP contribution is -2.40. The highest BCUT2D eigenvalue weighted by molar-refractivity contribution is 7.80. The molecule has 0 radical (unpaired) electrons. The molecule has 50 heavy (non-hydrogen) atoms. The molecule has 0 saturated carbocycles. The Kier molecular flexibility index (Phi) is 28.6. The van der Waals surface area contributed by atoms with E-state index in [1.807, 2.05) is 0 Å². The third-order valence-electron chi connectivity index (χ3n) is 7.38. The number of aliphatic hydroxyl groups excluding tert-OH is 2. The number of aryl methyl sites for hydroxylation is 1. The maximum atomic E-state index is 10.3. The molecule has 0 aliphatic heterocycles. The van der Waals surface area contributed by atoms with Gasteiger partial charge in [-0.3, -0.25) is 9.59 Å². The Hall–Kier alpha value is -3.24. The number of benzene rings is 2. The van der Waals surface area contributed by atoms with E-state index in [1.165, 1.54) is 25.0 Å². The number of aliphatic carboxylic acids is 2. The molecule has 0 heterocycles. The number of ether oxygens (including phenoxy) is 1. The van der Waals surface area contributed by atoms with Crippen molar-refractivity contribution in [3.8, 4) is 5.75 Å². The van der Waals surface area contributed by atoms with Gasteiger partial charge in [-0.05, 0) is 81.3 Å². The van der Waals surface area contributed by atoms with Crippen molar-refractivity contribution in [2.24, 2.45) is 11.5 Å². The maximum absolute atomic E-state index is 10.3. The van der Waals surface area contributed by atoms with Crippen LogP contribution in [-0.2, 0) is 32.1 Å². The van der Waals surface area contributed by atoms with E-state index < -0.39 is 30.1 Å². The van der Waals surface area contributed by atoms with Gasteiger partial charge in [0.2, 0.25) is 5.91 Å². The first-order valence-corrected chi connectivity index (χ1v) is 17.8. The monoisotopic (exact) mass is 724 g/mol. The molecule has 3 atom stereocenters. The predicted molar refractivity (Wildman–Crippen MR) is 198 cm³/mol. The Bertz CT molecular complexity index is 1180. The molecule has 2 aromatic rings. The molecule has 11 N–H and O–H groups in total. The molecule has 13 nitrogen and oxygen atoms in total. The quantitative estimate of drug-likeness (QED) is 0.0555. The summed E-state index contributed by atoms with van der Waals surface area (Å²) >= 11 is 3.73. The molecule has 2 aromatic carbocycles. The molecule has 14 heteroatoms. The minimum Gasteiger partial charge on any atom is -0.508 e. The van der Waals surface area contributed by atoms with Gasteiger partial charge in [0.15, 0.2) is 0 Å². The number of phenols is 1. The van der Waals surface area contributed by atoms with Crippen LogP contribution in [0.5, 0.6) is 5.75 Å². The zero-order valence-electron chi connectivity index (χ0n) is 29.3. The topological polar surface area (TPSA) is 238 Å². The number of unbranched alkanes of at least 4 members (excludes halogenated alkanes) is 5. The van der Waals surface area contributed by atoms with Crippen molar-refractivity contribution in [3.63, 3.8) is 0 Å². The van der Waals surface area contributed by atoms with Gasteiger partial charge in [0.1, 0.15) is 17.8 Å². The summed E-state index contributed by atoms with van der Waals surface area (Å²) < 4.78 is 5.72. The first-order valence-electron chi connectivity index (χ1n) is 17.2. The number of carbonyl (C=O) groups excluding carboxylic acids is 1. The average Bonchev–Trinajstić information content (AvgIpc) is 3.10. The van der Waals surface area contributed by atoms with Gasteiger partial charge >= 0.3 is 11.9 Å². The zero-order chi connectivity index (χ0) is 37.6. The molecule has 1 unspecified atom stereocenters. The summed E-state index contributed by atoms with van der Waals surface area (Å²) in [6.45, 7) is 4.64. The van der Waals surface area contributed by atoms with Crippen molar-refractivity contribution in [3.05, 3.63) is 65.2 Å². The smallest absolute Gasteiger partial charge is 0.327 e. The lowest BCUT2D eigenvalue weighted by molar-refractivity contribution is -0.141. The molecule has 1 amide bonds. The van der Waals surface area contributed by atoms with Crippen molar-refractivity contribution in [1.29, 1.82) is 0 Å². The average molecular weight is 725 g/mol. The van der Waals surface area contributed by atoms with Gasteiger partial charge in [-0.25, -0.2) is 4.79 Å². The second kappa shape index (κ2) is 30.6. The van der Waals surface area contributed by atoms with Crippen LogP contribution in [-0.4, -0.2) is 94.1 Å². The van der Waals surface area contributed by atoms with E-state index in [4.69, 9.17) is 26.4 Å². The Labute approximate surface area is 302 Å². The van der Waals surface area contributed by atoms with E-state index in [0.29, 0.717) is 30.6 Å². The Morgan fingerprint density at radius 1 is 0.900 bits per heavy atom. The number of hydrogen-bond acceptors (Lipinski definition) is 11. The molecular formula is C36H60N4O9S. The number of aromatic hydroxyl groups is 1. The number of nitrogens with one attached hydrogen (secondary N) is 2. The summed E-state index contributed by atoms with van der Waals surface area (Å²) in [5, 5.41) is 51.2. The molecule has 0 bridgehead atoms. The van der Waals surface area contributed by atoms with Crippen LogP contribution in [0.2, 0.25) is 0 Å². The number of nitrogens with two attached hydrogens (primary N) is 2. The van der Waals surface area contributed by atoms with Gasteiger partial charge in [-0.1, -0.05) is 55.7 Å². The minimum atomic E-state index is -1.06. The fraction of sp³-hybridized carbons (Fsp3) is 0.583. The van der Waals surface area contributed by atoms with Gasteiger partial charge in [-0.2, -0.15) is 12.6 Å². The first-order chi connectivity index (χ1) is 24.0. The van der Waals surface area contributed by atoms with Crippen LogP contribution in [0.15, 0.2) is 48.5 Å². The van der Waals surface area contributed by atoms with Crippen molar-refractivity contribution in [2.75, 3.05) is 38.6 Å². The number of carbonyl (C=O) groups is 3. The van der Waals surface area contributed by atoms with Crippen LogP contribution in [0.1, 0.15) is 87.5 Å². The highest BCUT2D eigenvalue weighted by Crippen LogP contribution is 2.22. The van der Waals surface area contributed by atoms with Gasteiger partial charge in [0.25, 0.3) is 0 Å². The van der Waals surface area contributed by atoms with E-state index in [0.717, 1.165) is 71.1 Å². The summed E-state index contributed by atoms with van der Waals surface area (Å²) in [6.07, 6.45) is 9.40. The minimum absolute atomic E-state index is 0.0533. The van der Waals surface area contributed by atoms with Crippen molar-refractivity contribution >= 4 is 30.5 Å². The third-order valence-corrected chi connectivity index (χ3v) is 7.75. The van der Waals surface area contributed by atoms with E-state index in [9.17, 15) is 29.7 Å². The molecular weight excluding hydrogens is 664 g/mol. The standard InChI is InChI=1S/C25H37NO4.C6H14N2O2.C5H9NO3S/c27-20-23-18-22(13-14-24(23)28)25(29)19-26-15-7-1-2-8-16-30-17-9-6-12-21-10-4-3-5-11-21;7-4-2-1-3-5(8)6(9)10;1-3(7)6-4(2-10)5(8)9/h3-5,10-11,13-14,18,25-29H,1-2,6-9,12,15-17,19-20H2;5H,1-4,7-8H2,(H,9,10);4,10H,2H2,1H3,(H,6,7)(H,8,9)/t;5-;4-/m.00/s1. The number of aliphatic hydroxyl groups is 2. The fourth-order valence-corrected chi connectivity index (χ4v) is 4.69. The number of rotatable bonds is 24. The maximum Gasteiger partial charge on any atom is 0.327 e. The lowest BCUT2D eigenvalue weighted by atomic mass is 10.1. The van der Waals surface area contributed by atoms with Crippen LogP contribution >= 0.6 is 12.6 Å². The van der Waals surface area contributed by atoms with Crippen molar-refractivity contribution in [2.45, 2.75) is 95.9 Å². The molecule has 0 aliphatic carbocycles. The van der Waals surface area contributed by atoms with Crippen LogP contribution < -0.4 is 22.1 Å². The number of thiol groups is 1.